The van der Waals surface area contributed by atoms with E-state index in [9.17, 15) is 9.90 Å². The summed E-state index contributed by atoms with van der Waals surface area (Å²) in [5.41, 5.74) is 2.93. The third-order valence-electron chi connectivity index (χ3n) is 6.26. The number of benzene rings is 2. The Balaban J connectivity index is 1.68. The molecule has 0 aliphatic heterocycles. The summed E-state index contributed by atoms with van der Waals surface area (Å²) >= 11 is 0. The van der Waals surface area contributed by atoms with E-state index in [-0.39, 0.29) is 11.6 Å². The van der Waals surface area contributed by atoms with Crippen molar-refractivity contribution < 1.29 is 5.11 Å². The quantitative estimate of drug-likeness (QED) is 0.518. The number of hydrogen-bond donors (Lipinski definition) is 1. The summed E-state index contributed by atoms with van der Waals surface area (Å²) in [6, 6.07) is 15.3. The van der Waals surface area contributed by atoms with Crippen LogP contribution >= 0.6 is 0 Å². The summed E-state index contributed by atoms with van der Waals surface area (Å²) in [5.74, 6) is 0. The highest BCUT2D eigenvalue weighted by molar-refractivity contribution is 6.06. The molecule has 0 bridgehead atoms. The van der Waals surface area contributed by atoms with Crippen molar-refractivity contribution in [1.29, 1.82) is 5.26 Å². The molecule has 4 aromatic rings. The van der Waals surface area contributed by atoms with E-state index in [2.05, 4.69) is 9.97 Å². The fraction of sp³-hybridized carbons (Fsp3) is 0.280. The van der Waals surface area contributed by atoms with E-state index in [4.69, 9.17) is 5.26 Å². The van der Waals surface area contributed by atoms with Gasteiger partial charge in [0.25, 0.3) is 5.56 Å². The Morgan fingerprint density at radius 1 is 1.06 bits per heavy atom. The number of pyridine rings is 1. The van der Waals surface area contributed by atoms with Crippen molar-refractivity contribution >= 4 is 21.7 Å². The van der Waals surface area contributed by atoms with Gasteiger partial charge in [-0.05, 0) is 47.9 Å². The zero-order chi connectivity index (χ0) is 21.4. The molecule has 2 heterocycles. The minimum atomic E-state index is -0.518. The number of nitrogens with zero attached hydrogens (tertiary/aromatic N) is 4. The summed E-state index contributed by atoms with van der Waals surface area (Å²) in [5, 5.41) is 22.0. The van der Waals surface area contributed by atoms with Crippen molar-refractivity contribution in [3.8, 4) is 6.07 Å². The summed E-state index contributed by atoms with van der Waals surface area (Å²) in [6.07, 6.45) is 6.86. The molecule has 5 rings (SSSR count). The van der Waals surface area contributed by atoms with E-state index in [1.807, 2.05) is 42.5 Å². The second-order valence-electron chi connectivity index (χ2n) is 8.19. The number of aliphatic hydroxyl groups is 1. The third-order valence-corrected chi connectivity index (χ3v) is 6.26. The van der Waals surface area contributed by atoms with Crippen LogP contribution in [0.3, 0.4) is 0 Å². The van der Waals surface area contributed by atoms with Crippen LogP contribution in [-0.4, -0.2) is 25.7 Å². The Labute approximate surface area is 179 Å². The van der Waals surface area contributed by atoms with Gasteiger partial charge in [-0.3, -0.25) is 9.36 Å². The molecule has 2 atom stereocenters. The minimum absolute atomic E-state index is 0.110. The predicted octanol–water partition coefficient (Wildman–Crippen LogP) is 3.88. The van der Waals surface area contributed by atoms with Gasteiger partial charge in [0.2, 0.25) is 0 Å². The molecule has 0 saturated heterocycles. The summed E-state index contributed by atoms with van der Waals surface area (Å²) in [6.45, 7) is 0. The van der Waals surface area contributed by atoms with Crippen LogP contribution in [0.4, 0.5) is 0 Å². The van der Waals surface area contributed by atoms with Crippen LogP contribution < -0.4 is 5.56 Å². The van der Waals surface area contributed by atoms with Crippen molar-refractivity contribution in [2.75, 3.05) is 0 Å². The summed E-state index contributed by atoms with van der Waals surface area (Å²) in [4.78, 5) is 22.3. The van der Waals surface area contributed by atoms with Crippen LogP contribution in [-0.2, 0) is 6.42 Å². The fourth-order valence-corrected chi connectivity index (χ4v) is 4.66. The molecule has 2 aromatic carbocycles. The lowest BCUT2D eigenvalue weighted by Gasteiger charge is -2.29. The average Bonchev–Trinajstić information content (AvgIpc) is 2.81. The first-order valence-electron chi connectivity index (χ1n) is 10.6. The third kappa shape index (κ3) is 3.47. The number of fused-ring (bicyclic) bond motifs is 3. The second-order valence-corrected chi connectivity index (χ2v) is 8.19. The number of hydrogen-bond acceptors (Lipinski definition) is 5. The lowest BCUT2D eigenvalue weighted by Crippen LogP contribution is -2.34. The van der Waals surface area contributed by atoms with Gasteiger partial charge in [0, 0.05) is 11.6 Å². The maximum Gasteiger partial charge on any atom is 0.261 e. The van der Waals surface area contributed by atoms with Crippen molar-refractivity contribution in [1.82, 2.24) is 14.5 Å². The number of aliphatic hydroxyl groups excluding tert-OH is 1. The molecule has 154 valence electrons. The normalized spacial score (nSPS) is 18.8. The first-order chi connectivity index (χ1) is 15.2. The van der Waals surface area contributed by atoms with Crippen LogP contribution in [0.25, 0.3) is 21.7 Å². The Morgan fingerprint density at radius 2 is 1.87 bits per heavy atom. The molecular formula is C25H22N4O2. The lowest BCUT2D eigenvalue weighted by atomic mass is 9.92. The smallest absolute Gasteiger partial charge is 0.261 e. The van der Waals surface area contributed by atoms with E-state index >= 15 is 0 Å². The number of rotatable bonds is 3. The van der Waals surface area contributed by atoms with E-state index in [0.29, 0.717) is 29.4 Å². The van der Waals surface area contributed by atoms with Gasteiger partial charge in [0.1, 0.15) is 11.8 Å². The van der Waals surface area contributed by atoms with Gasteiger partial charge in [-0.1, -0.05) is 43.2 Å². The zero-order valence-corrected chi connectivity index (χ0v) is 17.0. The van der Waals surface area contributed by atoms with Crippen LogP contribution in [0.2, 0.25) is 0 Å². The number of nitriles is 1. The molecule has 0 radical (unpaired) electrons. The predicted molar refractivity (Wildman–Crippen MR) is 119 cm³/mol. The summed E-state index contributed by atoms with van der Waals surface area (Å²) < 4.78 is 1.62. The molecule has 1 N–H and O–H groups in total. The Hall–Kier alpha value is -3.56. The highest BCUT2D eigenvalue weighted by atomic mass is 16.3. The van der Waals surface area contributed by atoms with Crippen molar-refractivity contribution in [3.63, 3.8) is 0 Å². The second kappa shape index (κ2) is 7.93. The standard InChI is InChI=1S/C25H22N4O2/c26-13-18-10-9-16(14-27-18)11-17-12-21-24(20-6-2-1-5-19(17)20)28-15-29(25(21)31)22-7-3-4-8-23(22)30/h1-2,5-6,9-10,12,14-15,22-23,30H,3-4,7-8,11H2/t22-,23-/m1/s1. The summed E-state index contributed by atoms with van der Waals surface area (Å²) in [7, 11) is 0. The molecule has 1 saturated carbocycles. The molecular weight excluding hydrogens is 388 g/mol. The van der Waals surface area contributed by atoms with Crippen LogP contribution in [0.1, 0.15) is 48.5 Å². The Morgan fingerprint density at radius 3 is 2.61 bits per heavy atom. The molecule has 2 aromatic heterocycles. The minimum Gasteiger partial charge on any atom is -0.391 e. The van der Waals surface area contributed by atoms with Gasteiger partial charge in [-0.2, -0.15) is 5.26 Å². The van der Waals surface area contributed by atoms with Crippen molar-refractivity contribution in [3.05, 3.63) is 82.2 Å². The molecule has 1 aliphatic carbocycles. The highest BCUT2D eigenvalue weighted by Crippen LogP contribution is 2.30. The van der Waals surface area contributed by atoms with E-state index in [1.165, 1.54) is 0 Å². The van der Waals surface area contributed by atoms with Gasteiger partial charge in [0.05, 0.1) is 29.4 Å². The molecule has 31 heavy (non-hydrogen) atoms. The molecule has 0 spiro atoms. The first-order valence-corrected chi connectivity index (χ1v) is 10.6. The monoisotopic (exact) mass is 410 g/mol. The lowest BCUT2D eigenvalue weighted by molar-refractivity contribution is 0.0735. The number of aromatic nitrogens is 3. The topological polar surface area (TPSA) is 91.8 Å². The van der Waals surface area contributed by atoms with Crippen LogP contribution in [0.5, 0.6) is 0 Å². The fourth-order valence-electron chi connectivity index (χ4n) is 4.66. The van der Waals surface area contributed by atoms with Crippen molar-refractivity contribution in [2.45, 2.75) is 44.2 Å². The van der Waals surface area contributed by atoms with E-state index in [0.717, 1.165) is 41.2 Å². The maximum absolute atomic E-state index is 13.5. The van der Waals surface area contributed by atoms with Gasteiger partial charge in [0.15, 0.2) is 0 Å². The van der Waals surface area contributed by atoms with Crippen molar-refractivity contribution in [2.24, 2.45) is 0 Å². The molecule has 0 unspecified atom stereocenters. The van der Waals surface area contributed by atoms with E-state index in [1.54, 1.807) is 23.2 Å². The van der Waals surface area contributed by atoms with Gasteiger partial charge < -0.3 is 5.11 Å². The molecule has 6 nitrogen and oxygen atoms in total. The molecule has 6 heteroatoms. The maximum atomic E-state index is 13.5. The largest absolute Gasteiger partial charge is 0.391 e. The first kappa shape index (κ1) is 19.4. The van der Waals surface area contributed by atoms with Crippen LogP contribution in [0, 0.1) is 11.3 Å². The van der Waals surface area contributed by atoms with Gasteiger partial charge in [-0.15, -0.1) is 0 Å². The molecule has 1 aliphatic rings. The Kier molecular flexibility index (Phi) is 4.97. The van der Waals surface area contributed by atoms with Gasteiger partial charge >= 0.3 is 0 Å². The average molecular weight is 410 g/mol. The Bertz CT molecular complexity index is 1370. The van der Waals surface area contributed by atoms with Gasteiger partial charge in [-0.25, -0.2) is 9.97 Å². The highest BCUT2D eigenvalue weighted by Gasteiger charge is 2.26. The molecule has 0 amide bonds. The zero-order valence-electron chi connectivity index (χ0n) is 17.0. The van der Waals surface area contributed by atoms with E-state index < -0.39 is 6.10 Å². The molecule has 1 fully saturated rings. The SMILES string of the molecule is N#Cc1ccc(Cc2cc3c(=O)n([C@@H]4CCCC[C@H]4O)cnc3c3ccccc23)cn1. The van der Waals surface area contributed by atoms with Crippen LogP contribution in [0.15, 0.2) is 59.8 Å².